The molecule has 1 atom stereocenters. The Hall–Kier alpha value is -1.60. The molecule has 0 saturated carbocycles. The summed E-state index contributed by atoms with van der Waals surface area (Å²) in [6, 6.07) is 0. The maximum Gasteiger partial charge on any atom is 0.327 e. The Morgan fingerprint density at radius 3 is 2.71 bits per heavy atom. The molecular formula is C10H17N3O4. The van der Waals surface area contributed by atoms with Crippen molar-refractivity contribution in [1.82, 2.24) is 9.78 Å². The fraction of sp³-hybridized carbons (Fsp3) is 0.600. The number of carbonyl (C=O) groups excluding carboxylic acids is 1. The van der Waals surface area contributed by atoms with E-state index in [1.165, 1.54) is 4.68 Å². The van der Waals surface area contributed by atoms with Crippen molar-refractivity contribution in [3.8, 4) is 0 Å². The topological polar surface area (TPSA) is 111 Å². The Labute approximate surface area is 98.8 Å². The lowest BCUT2D eigenvalue weighted by Gasteiger charge is -2.09. The average Bonchev–Trinajstić information content (AvgIpc) is 2.54. The second-order valence-electron chi connectivity index (χ2n) is 3.76. The van der Waals surface area contributed by atoms with Crippen LogP contribution in [-0.2, 0) is 16.1 Å². The molecule has 0 amide bonds. The summed E-state index contributed by atoms with van der Waals surface area (Å²) in [5.41, 5.74) is 7.62. The van der Waals surface area contributed by atoms with Gasteiger partial charge in [0.25, 0.3) is 0 Å². The number of anilines is 1. The number of nitrogen functional groups attached to an aromatic ring is 1. The number of rotatable bonds is 5. The number of aryl methyl sites for hydroxylation is 1. The molecule has 0 aliphatic heterocycles. The second kappa shape index (κ2) is 5.65. The van der Waals surface area contributed by atoms with Crippen molar-refractivity contribution in [3.63, 3.8) is 0 Å². The van der Waals surface area contributed by atoms with Gasteiger partial charge >= 0.3 is 5.97 Å². The zero-order valence-corrected chi connectivity index (χ0v) is 9.88. The molecule has 0 aliphatic rings. The van der Waals surface area contributed by atoms with Gasteiger partial charge in [0.1, 0.15) is 19.3 Å². The van der Waals surface area contributed by atoms with Gasteiger partial charge in [0.2, 0.25) is 0 Å². The maximum absolute atomic E-state index is 11.4. The van der Waals surface area contributed by atoms with Crippen LogP contribution in [0.2, 0.25) is 0 Å². The molecule has 1 aromatic heterocycles. The Bertz CT molecular complexity index is 403. The lowest BCUT2D eigenvalue weighted by atomic mass is 10.3. The fourth-order valence-electron chi connectivity index (χ4n) is 1.27. The number of esters is 1. The Morgan fingerprint density at radius 2 is 2.24 bits per heavy atom. The minimum atomic E-state index is -1.05. The van der Waals surface area contributed by atoms with E-state index in [1.54, 1.807) is 13.8 Å². The van der Waals surface area contributed by atoms with Crippen molar-refractivity contribution in [1.29, 1.82) is 0 Å². The molecule has 0 aliphatic carbocycles. The van der Waals surface area contributed by atoms with Crippen LogP contribution in [0.15, 0.2) is 0 Å². The number of carbonyl (C=O) groups is 1. The van der Waals surface area contributed by atoms with E-state index in [0.717, 1.165) is 0 Å². The first-order valence-corrected chi connectivity index (χ1v) is 5.19. The normalized spacial score (nSPS) is 12.5. The smallest absolute Gasteiger partial charge is 0.327 e. The molecule has 1 unspecified atom stereocenters. The minimum Gasteiger partial charge on any atom is -0.461 e. The van der Waals surface area contributed by atoms with E-state index in [-0.39, 0.29) is 13.2 Å². The predicted molar refractivity (Wildman–Crippen MR) is 60.2 cm³/mol. The molecule has 0 saturated heterocycles. The standard InChI is InChI=1S/C10H17N3O4/c1-6-10(11)7(2)13(12-6)3-9(16)17-5-8(15)4-14/h8,14-15H,3-5,11H2,1-2H3. The van der Waals surface area contributed by atoms with Crippen molar-refractivity contribution in [3.05, 3.63) is 11.4 Å². The molecule has 7 heteroatoms. The van der Waals surface area contributed by atoms with Gasteiger partial charge in [0.15, 0.2) is 0 Å². The van der Waals surface area contributed by atoms with Crippen LogP contribution in [0.5, 0.6) is 0 Å². The van der Waals surface area contributed by atoms with Gasteiger partial charge < -0.3 is 20.7 Å². The monoisotopic (exact) mass is 243 g/mol. The largest absolute Gasteiger partial charge is 0.461 e. The average molecular weight is 243 g/mol. The first-order chi connectivity index (χ1) is 7.95. The van der Waals surface area contributed by atoms with Gasteiger partial charge in [0.05, 0.1) is 23.7 Å². The van der Waals surface area contributed by atoms with Crippen LogP contribution in [0.4, 0.5) is 5.69 Å². The summed E-state index contributed by atoms with van der Waals surface area (Å²) in [4.78, 5) is 11.4. The molecule has 4 N–H and O–H groups in total. The molecular weight excluding hydrogens is 226 g/mol. The van der Waals surface area contributed by atoms with E-state index in [2.05, 4.69) is 5.10 Å². The second-order valence-corrected chi connectivity index (χ2v) is 3.76. The van der Waals surface area contributed by atoms with Crippen molar-refractivity contribution in [2.45, 2.75) is 26.5 Å². The van der Waals surface area contributed by atoms with Crippen LogP contribution < -0.4 is 5.73 Å². The summed E-state index contributed by atoms with van der Waals surface area (Å²) < 4.78 is 6.19. The van der Waals surface area contributed by atoms with Gasteiger partial charge in [-0.3, -0.25) is 9.48 Å². The first kappa shape index (κ1) is 13.5. The van der Waals surface area contributed by atoms with Gasteiger partial charge in [0, 0.05) is 0 Å². The molecule has 7 nitrogen and oxygen atoms in total. The number of hydrogen-bond donors (Lipinski definition) is 3. The van der Waals surface area contributed by atoms with Gasteiger partial charge in [-0.2, -0.15) is 5.10 Å². The zero-order chi connectivity index (χ0) is 13.0. The molecule has 0 aromatic carbocycles. The highest BCUT2D eigenvalue weighted by atomic mass is 16.5. The quantitative estimate of drug-likeness (QED) is 0.571. The third-order valence-corrected chi connectivity index (χ3v) is 2.36. The Balaban J connectivity index is 2.54. The van der Waals surface area contributed by atoms with Gasteiger partial charge in [-0.05, 0) is 13.8 Å². The number of nitrogens with zero attached hydrogens (tertiary/aromatic N) is 2. The van der Waals surface area contributed by atoms with E-state index in [9.17, 15) is 4.79 Å². The zero-order valence-electron chi connectivity index (χ0n) is 9.88. The highest BCUT2D eigenvalue weighted by Crippen LogP contribution is 2.14. The SMILES string of the molecule is Cc1nn(CC(=O)OCC(O)CO)c(C)c1N. The third kappa shape index (κ3) is 3.43. The van der Waals surface area contributed by atoms with Crippen LogP contribution in [0, 0.1) is 13.8 Å². The minimum absolute atomic E-state index is 0.0674. The lowest BCUT2D eigenvalue weighted by molar-refractivity contribution is -0.148. The van der Waals surface area contributed by atoms with E-state index < -0.39 is 18.7 Å². The fourth-order valence-corrected chi connectivity index (χ4v) is 1.27. The summed E-state index contributed by atoms with van der Waals surface area (Å²) in [6.07, 6.45) is -1.05. The van der Waals surface area contributed by atoms with Crippen molar-refractivity contribution in [2.75, 3.05) is 18.9 Å². The van der Waals surface area contributed by atoms with Crippen LogP contribution in [0.25, 0.3) is 0 Å². The van der Waals surface area contributed by atoms with Gasteiger partial charge in [-0.25, -0.2) is 0 Å². The molecule has 1 aromatic rings. The number of ether oxygens (including phenoxy) is 1. The van der Waals surface area contributed by atoms with Crippen molar-refractivity contribution < 1.29 is 19.7 Å². The summed E-state index contributed by atoms with van der Waals surface area (Å²) in [6.45, 7) is 2.76. The molecule has 1 rings (SSSR count). The molecule has 96 valence electrons. The number of aromatic nitrogens is 2. The highest BCUT2D eigenvalue weighted by molar-refractivity contribution is 5.69. The van der Waals surface area contributed by atoms with Crippen LogP contribution >= 0.6 is 0 Å². The number of aliphatic hydroxyl groups excluding tert-OH is 2. The summed E-state index contributed by atoms with van der Waals surface area (Å²) in [7, 11) is 0. The van der Waals surface area contributed by atoms with Gasteiger partial charge in [-0.15, -0.1) is 0 Å². The van der Waals surface area contributed by atoms with Crippen molar-refractivity contribution in [2.24, 2.45) is 0 Å². The van der Waals surface area contributed by atoms with E-state index in [4.69, 9.17) is 20.7 Å². The third-order valence-electron chi connectivity index (χ3n) is 2.36. The van der Waals surface area contributed by atoms with Crippen LogP contribution in [0.3, 0.4) is 0 Å². The maximum atomic E-state index is 11.4. The molecule has 17 heavy (non-hydrogen) atoms. The number of aliphatic hydroxyl groups is 2. The summed E-state index contributed by atoms with van der Waals surface area (Å²) in [5, 5.41) is 21.6. The number of hydrogen-bond acceptors (Lipinski definition) is 6. The molecule has 0 radical (unpaired) electrons. The van der Waals surface area contributed by atoms with Crippen molar-refractivity contribution >= 4 is 11.7 Å². The summed E-state index contributed by atoms with van der Waals surface area (Å²) in [5.74, 6) is -0.539. The molecule has 0 bridgehead atoms. The molecule has 1 heterocycles. The Kier molecular flexibility index (Phi) is 4.47. The summed E-state index contributed by atoms with van der Waals surface area (Å²) >= 11 is 0. The van der Waals surface area contributed by atoms with Gasteiger partial charge in [-0.1, -0.05) is 0 Å². The van der Waals surface area contributed by atoms with E-state index >= 15 is 0 Å². The lowest BCUT2D eigenvalue weighted by Crippen LogP contribution is -2.24. The number of nitrogens with two attached hydrogens (primary N) is 1. The highest BCUT2D eigenvalue weighted by Gasteiger charge is 2.13. The molecule has 0 spiro atoms. The van der Waals surface area contributed by atoms with Crippen LogP contribution in [-0.4, -0.2) is 45.3 Å². The predicted octanol–water partition coefficient (Wildman–Crippen LogP) is -1.02. The first-order valence-electron chi connectivity index (χ1n) is 5.19. The van der Waals surface area contributed by atoms with E-state index in [0.29, 0.717) is 17.1 Å². The van der Waals surface area contributed by atoms with Crippen LogP contribution in [0.1, 0.15) is 11.4 Å². The van der Waals surface area contributed by atoms with E-state index in [1.807, 2.05) is 0 Å². The molecule has 0 fully saturated rings. The Morgan fingerprint density at radius 1 is 1.59 bits per heavy atom.